The molecular weight excluding hydrogens is 460 g/mol. The van der Waals surface area contributed by atoms with E-state index in [1.807, 2.05) is 19.1 Å². The number of benzene rings is 1. The van der Waals surface area contributed by atoms with Crippen molar-refractivity contribution in [1.82, 2.24) is 15.5 Å². The van der Waals surface area contributed by atoms with E-state index in [0.29, 0.717) is 12.1 Å². The maximum absolute atomic E-state index is 13.8. The van der Waals surface area contributed by atoms with Crippen LogP contribution in [0.5, 0.6) is 0 Å². The van der Waals surface area contributed by atoms with E-state index < -0.39 is 35.6 Å². The molecule has 9 heteroatoms. The van der Waals surface area contributed by atoms with Crippen LogP contribution in [0, 0.1) is 6.92 Å². The first kappa shape index (κ1) is 30.7. The van der Waals surface area contributed by atoms with E-state index in [-0.39, 0.29) is 25.3 Å². The number of rotatable bonds is 14. The topological polar surface area (TPSA) is 131 Å². The minimum absolute atomic E-state index is 0.0419. The molecule has 0 saturated heterocycles. The van der Waals surface area contributed by atoms with E-state index in [0.717, 1.165) is 24.8 Å². The lowest BCUT2D eigenvalue weighted by atomic mass is 10.0. The summed E-state index contributed by atoms with van der Waals surface area (Å²) in [6.07, 6.45) is 3.34. The van der Waals surface area contributed by atoms with Crippen LogP contribution in [0.3, 0.4) is 0 Å². The van der Waals surface area contributed by atoms with E-state index in [9.17, 15) is 19.2 Å². The third-order valence-corrected chi connectivity index (χ3v) is 5.31. The zero-order valence-electron chi connectivity index (χ0n) is 22.3. The van der Waals surface area contributed by atoms with Crippen LogP contribution in [-0.2, 0) is 19.1 Å². The van der Waals surface area contributed by atoms with Crippen LogP contribution in [-0.4, -0.2) is 53.4 Å². The van der Waals surface area contributed by atoms with Gasteiger partial charge < -0.3 is 26.0 Å². The van der Waals surface area contributed by atoms with Gasteiger partial charge in [0.2, 0.25) is 17.7 Å². The second kappa shape index (κ2) is 14.9. The number of ether oxygens (including phenoxy) is 1. The molecule has 4 N–H and O–H groups in total. The molecule has 0 aromatic heterocycles. The van der Waals surface area contributed by atoms with Crippen LogP contribution < -0.4 is 16.4 Å². The summed E-state index contributed by atoms with van der Waals surface area (Å²) in [5.74, 6) is -1.50. The standard InChI is InChI=1S/C27H42N4O5/c1-7-9-10-17-29-24(33)23(20-13-11-19(3)12-14-20)31(18-8-2)25(34)21(15-16-22(28)32)30-26(35)36-27(4,5)6/h8,11-14,21,23H,2,7,9-10,15-18H2,1,3-6H3,(H2,28,32)(H,29,33)(H,30,35). The highest BCUT2D eigenvalue weighted by Gasteiger charge is 2.35. The van der Waals surface area contributed by atoms with Crippen LogP contribution in [0.25, 0.3) is 0 Å². The molecule has 0 aliphatic rings. The molecule has 0 aliphatic heterocycles. The Morgan fingerprint density at radius 2 is 1.78 bits per heavy atom. The monoisotopic (exact) mass is 502 g/mol. The Bertz CT molecular complexity index is 892. The molecule has 1 rings (SSSR count). The molecule has 0 aliphatic carbocycles. The molecule has 0 spiro atoms. The average molecular weight is 503 g/mol. The van der Waals surface area contributed by atoms with Gasteiger partial charge in [0, 0.05) is 19.5 Å². The predicted molar refractivity (Wildman–Crippen MR) is 140 cm³/mol. The summed E-state index contributed by atoms with van der Waals surface area (Å²) in [6.45, 7) is 13.4. The summed E-state index contributed by atoms with van der Waals surface area (Å²) in [4.78, 5) is 52.5. The molecular formula is C27H42N4O5. The number of amides is 4. The number of unbranched alkanes of at least 4 members (excludes halogenated alkanes) is 2. The van der Waals surface area contributed by atoms with Crippen molar-refractivity contribution in [3.05, 3.63) is 48.0 Å². The average Bonchev–Trinajstić information content (AvgIpc) is 2.78. The molecule has 0 radical (unpaired) electrons. The SMILES string of the molecule is C=CCN(C(=O)C(CCC(N)=O)NC(=O)OC(C)(C)C)C(C(=O)NCCCCC)c1ccc(C)cc1. The largest absolute Gasteiger partial charge is 0.444 e. The van der Waals surface area contributed by atoms with Crippen molar-refractivity contribution >= 4 is 23.8 Å². The Hall–Kier alpha value is -3.36. The first-order chi connectivity index (χ1) is 16.9. The molecule has 4 amide bonds. The summed E-state index contributed by atoms with van der Waals surface area (Å²) < 4.78 is 5.31. The third kappa shape index (κ3) is 10.9. The van der Waals surface area contributed by atoms with Gasteiger partial charge in [-0.3, -0.25) is 14.4 Å². The molecule has 0 heterocycles. The molecule has 2 atom stereocenters. The zero-order valence-corrected chi connectivity index (χ0v) is 22.3. The van der Waals surface area contributed by atoms with Crippen LogP contribution in [0.4, 0.5) is 4.79 Å². The highest BCUT2D eigenvalue weighted by Crippen LogP contribution is 2.24. The van der Waals surface area contributed by atoms with Gasteiger partial charge in [-0.15, -0.1) is 6.58 Å². The van der Waals surface area contributed by atoms with Gasteiger partial charge in [-0.2, -0.15) is 0 Å². The van der Waals surface area contributed by atoms with Crippen molar-refractivity contribution in [2.24, 2.45) is 5.73 Å². The Morgan fingerprint density at radius 3 is 2.31 bits per heavy atom. The molecule has 1 aromatic rings. The normalized spacial score (nSPS) is 12.7. The highest BCUT2D eigenvalue weighted by molar-refractivity contribution is 5.92. The first-order valence-electron chi connectivity index (χ1n) is 12.4. The Kier molecular flexibility index (Phi) is 12.7. The van der Waals surface area contributed by atoms with Gasteiger partial charge in [-0.05, 0) is 46.1 Å². The quantitative estimate of drug-likeness (QED) is 0.265. The van der Waals surface area contributed by atoms with Gasteiger partial charge in [0.15, 0.2) is 0 Å². The second-order valence-corrected chi connectivity index (χ2v) is 9.79. The molecule has 0 fully saturated rings. The molecule has 0 bridgehead atoms. The smallest absolute Gasteiger partial charge is 0.408 e. The lowest BCUT2D eigenvalue weighted by Gasteiger charge is -2.34. The van der Waals surface area contributed by atoms with Crippen LogP contribution >= 0.6 is 0 Å². The lowest BCUT2D eigenvalue weighted by Crippen LogP contribution is -2.53. The van der Waals surface area contributed by atoms with Crippen LogP contribution in [0.15, 0.2) is 36.9 Å². The van der Waals surface area contributed by atoms with Gasteiger partial charge in [0.25, 0.3) is 0 Å². The summed E-state index contributed by atoms with van der Waals surface area (Å²) in [6, 6.07) is 5.24. The number of aryl methyl sites for hydroxylation is 1. The van der Waals surface area contributed by atoms with Crippen LogP contribution in [0.1, 0.15) is 77.0 Å². The van der Waals surface area contributed by atoms with E-state index in [1.165, 1.54) is 11.0 Å². The van der Waals surface area contributed by atoms with Gasteiger partial charge in [0.05, 0.1) is 0 Å². The number of nitrogens with two attached hydrogens (primary N) is 1. The summed E-state index contributed by atoms with van der Waals surface area (Å²) in [5, 5.41) is 5.49. The van der Waals surface area contributed by atoms with Gasteiger partial charge in [-0.1, -0.05) is 55.7 Å². The number of nitrogens with zero attached hydrogens (tertiary/aromatic N) is 1. The zero-order chi connectivity index (χ0) is 27.3. The minimum atomic E-state index is -1.13. The van der Waals surface area contributed by atoms with Crippen molar-refractivity contribution < 1.29 is 23.9 Å². The molecule has 9 nitrogen and oxygen atoms in total. The van der Waals surface area contributed by atoms with Gasteiger partial charge in [-0.25, -0.2) is 4.79 Å². The summed E-state index contributed by atoms with van der Waals surface area (Å²) >= 11 is 0. The Balaban J connectivity index is 3.35. The minimum Gasteiger partial charge on any atom is -0.444 e. The Labute approximate surface area is 214 Å². The van der Waals surface area contributed by atoms with E-state index >= 15 is 0 Å². The Morgan fingerprint density at radius 1 is 1.14 bits per heavy atom. The first-order valence-corrected chi connectivity index (χ1v) is 12.4. The fourth-order valence-electron chi connectivity index (χ4n) is 3.56. The third-order valence-electron chi connectivity index (χ3n) is 5.31. The highest BCUT2D eigenvalue weighted by atomic mass is 16.6. The van der Waals surface area contributed by atoms with E-state index in [1.54, 1.807) is 32.9 Å². The summed E-state index contributed by atoms with van der Waals surface area (Å²) in [5.41, 5.74) is 6.15. The van der Waals surface area contributed by atoms with Crippen molar-refractivity contribution in [3.63, 3.8) is 0 Å². The molecule has 2 unspecified atom stereocenters. The fraction of sp³-hybridized carbons (Fsp3) is 0.556. The maximum atomic E-state index is 13.8. The second-order valence-electron chi connectivity index (χ2n) is 9.79. The van der Waals surface area contributed by atoms with Crippen molar-refractivity contribution in [3.8, 4) is 0 Å². The van der Waals surface area contributed by atoms with Crippen molar-refractivity contribution in [2.45, 2.75) is 84.4 Å². The fourth-order valence-corrected chi connectivity index (χ4v) is 3.56. The number of alkyl carbamates (subject to hydrolysis) is 1. The molecule has 0 saturated carbocycles. The number of carbonyl (C=O) groups is 4. The van der Waals surface area contributed by atoms with Crippen molar-refractivity contribution in [1.29, 1.82) is 0 Å². The lowest BCUT2D eigenvalue weighted by molar-refractivity contribution is -0.142. The van der Waals surface area contributed by atoms with E-state index in [2.05, 4.69) is 24.1 Å². The van der Waals surface area contributed by atoms with E-state index in [4.69, 9.17) is 10.5 Å². The number of carbonyl (C=O) groups excluding carboxylic acids is 4. The van der Waals surface area contributed by atoms with Crippen LogP contribution in [0.2, 0.25) is 0 Å². The summed E-state index contributed by atoms with van der Waals surface area (Å²) in [7, 11) is 0. The number of nitrogens with one attached hydrogen (secondary N) is 2. The molecule has 200 valence electrons. The number of primary amides is 1. The maximum Gasteiger partial charge on any atom is 0.408 e. The molecule has 36 heavy (non-hydrogen) atoms. The molecule has 1 aromatic carbocycles. The number of hydrogen-bond donors (Lipinski definition) is 3. The predicted octanol–water partition coefficient (Wildman–Crippen LogP) is 3.52. The number of hydrogen-bond acceptors (Lipinski definition) is 5. The van der Waals surface area contributed by atoms with Crippen molar-refractivity contribution in [2.75, 3.05) is 13.1 Å². The van der Waals surface area contributed by atoms with Gasteiger partial charge >= 0.3 is 6.09 Å². The van der Waals surface area contributed by atoms with Gasteiger partial charge in [0.1, 0.15) is 17.7 Å².